The smallest absolute Gasteiger partial charge is 0.101 e. The van der Waals surface area contributed by atoms with E-state index in [2.05, 4.69) is 27.1 Å². The highest BCUT2D eigenvalue weighted by atomic mass is 79.9. The molecule has 0 aliphatic heterocycles. The van der Waals surface area contributed by atoms with Gasteiger partial charge in [0.15, 0.2) is 0 Å². The molecule has 0 radical (unpaired) electrons. The Labute approximate surface area is 106 Å². The largest absolute Gasteiger partial charge is 0.238 e. The van der Waals surface area contributed by atoms with Gasteiger partial charge in [-0.3, -0.25) is 0 Å². The molecule has 1 aromatic carbocycles. The number of rotatable bonds is 1. The van der Waals surface area contributed by atoms with Gasteiger partial charge in [0.1, 0.15) is 6.07 Å². The van der Waals surface area contributed by atoms with E-state index in [1.165, 1.54) is 0 Å². The number of halogens is 2. The first-order valence-corrected chi connectivity index (χ1v) is 5.70. The molecular weight excluding hydrogens is 289 g/mol. The van der Waals surface area contributed by atoms with Crippen molar-refractivity contribution >= 4 is 27.5 Å². The summed E-state index contributed by atoms with van der Waals surface area (Å²) in [6.07, 6.45) is 1.69. The maximum atomic E-state index is 9.01. The maximum Gasteiger partial charge on any atom is 0.101 e. The second kappa shape index (κ2) is 4.28. The van der Waals surface area contributed by atoms with Gasteiger partial charge in [-0.05, 0) is 25.1 Å². The fourth-order valence-electron chi connectivity index (χ4n) is 1.35. The molecule has 2 rings (SSSR count). The Morgan fingerprint density at radius 3 is 2.81 bits per heavy atom. The summed E-state index contributed by atoms with van der Waals surface area (Å²) in [5.74, 6) is 0. The number of hydrogen-bond acceptors (Lipinski definition) is 2. The Kier molecular flexibility index (Phi) is 2.99. The molecule has 0 saturated carbocycles. The van der Waals surface area contributed by atoms with E-state index in [1.807, 2.05) is 19.1 Å². The van der Waals surface area contributed by atoms with Gasteiger partial charge in [-0.2, -0.15) is 10.4 Å². The van der Waals surface area contributed by atoms with Crippen LogP contribution in [0.5, 0.6) is 0 Å². The summed E-state index contributed by atoms with van der Waals surface area (Å²) in [6, 6.07) is 7.52. The average molecular weight is 297 g/mol. The zero-order valence-electron chi connectivity index (χ0n) is 8.41. The summed E-state index contributed by atoms with van der Waals surface area (Å²) in [5.41, 5.74) is 2.01. The zero-order chi connectivity index (χ0) is 11.7. The Hall–Kier alpha value is -1.31. The summed E-state index contributed by atoms with van der Waals surface area (Å²) in [6.45, 7) is 1.82. The zero-order valence-corrected chi connectivity index (χ0v) is 10.7. The first kappa shape index (κ1) is 11.2. The molecule has 5 heteroatoms. The Morgan fingerprint density at radius 2 is 2.25 bits per heavy atom. The van der Waals surface area contributed by atoms with E-state index in [9.17, 15) is 0 Å². The molecule has 0 spiro atoms. The predicted octanol–water partition coefficient (Wildman–Crippen LogP) is 3.47. The van der Waals surface area contributed by atoms with Crippen LogP contribution in [0.4, 0.5) is 0 Å². The van der Waals surface area contributed by atoms with Crippen LogP contribution in [-0.4, -0.2) is 9.78 Å². The number of aryl methyl sites for hydroxylation is 1. The Balaban J connectivity index is 2.63. The maximum absolute atomic E-state index is 9.01. The van der Waals surface area contributed by atoms with Gasteiger partial charge < -0.3 is 0 Å². The highest BCUT2D eigenvalue weighted by Gasteiger charge is 2.08. The predicted molar refractivity (Wildman–Crippen MR) is 65.7 cm³/mol. The summed E-state index contributed by atoms with van der Waals surface area (Å²) >= 11 is 9.30. The van der Waals surface area contributed by atoms with Crippen molar-refractivity contribution in [3.63, 3.8) is 0 Å². The van der Waals surface area contributed by atoms with E-state index in [0.29, 0.717) is 16.3 Å². The highest BCUT2D eigenvalue weighted by Crippen LogP contribution is 2.22. The lowest BCUT2D eigenvalue weighted by atomic mass is 10.2. The minimum absolute atomic E-state index is 0.558. The molecule has 0 bridgehead atoms. The van der Waals surface area contributed by atoms with Crippen LogP contribution in [0, 0.1) is 18.3 Å². The second-order valence-electron chi connectivity index (χ2n) is 3.28. The summed E-state index contributed by atoms with van der Waals surface area (Å²) in [5, 5.41) is 13.8. The van der Waals surface area contributed by atoms with Gasteiger partial charge in [0, 0.05) is 10.7 Å². The lowest BCUT2D eigenvalue weighted by Gasteiger charge is -2.04. The van der Waals surface area contributed by atoms with Crippen molar-refractivity contribution in [3.05, 3.63) is 45.1 Å². The van der Waals surface area contributed by atoms with E-state index in [-0.39, 0.29) is 0 Å². The van der Waals surface area contributed by atoms with Crippen LogP contribution in [0.3, 0.4) is 0 Å². The molecule has 0 saturated heterocycles. The first-order chi connectivity index (χ1) is 7.61. The first-order valence-electron chi connectivity index (χ1n) is 4.53. The van der Waals surface area contributed by atoms with Crippen LogP contribution in [-0.2, 0) is 0 Å². The molecule has 16 heavy (non-hydrogen) atoms. The van der Waals surface area contributed by atoms with Crippen LogP contribution < -0.4 is 0 Å². The van der Waals surface area contributed by atoms with Crippen LogP contribution in [0.25, 0.3) is 5.69 Å². The molecule has 80 valence electrons. The third-order valence-corrected chi connectivity index (χ3v) is 3.03. The van der Waals surface area contributed by atoms with Crippen molar-refractivity contribution in [2.24, 2.45) is 0 Å². The molecule has 0 aliphatic carbocycles. The lowest BCUT2D eigenvalue weighted by molar-refractivity contribution is 0.859. The quantitative estimate of drug-likeness (QED) is 0.808. The second-order valence-corrected chi connectivity index (χ2v) is 4.60. The van der Waals surface area contributed by atoms with E-state index >= 15 is 0 Å². The van der Waals surface area contributed by atoms with E-state index in [1.54, 1.807) is 16.9 Å². The van der Waals surface area contributed by atoms with Crippen molar-refractivity contribution in [3.8, 4) is 11.8 Å². The van der Waals surface area contributed by atoms with Gasteiger partial charge >= 0.3 is 0 Å². The Morgan fingerprint density at radius 1 is 1.50 bits per heavy atom. The molecule has 0 unspecified atom stereocenters. The molecule has 1 heterocycles. The topological polar surface area (TPSA) is 41.6 Å². The SMILES string of the molecule is Cc1nn(-c2cc(Br)ccc2C#N)cc1Cl. The molecular formula is C11H7BrClN3. The number of benzene rings is 1. The average Bonchev–Trinajstić information content (AvgIpc) is 2.59. The van der Waals surface area contributed by atoms with E-state index in [4.69, 9.17) is 16.9 Å². The summed E-state index contributed by atoms with van der Waals surface area (Å²) < 4.78 is 2.51. The minimum Gasteiger partial charge on any atom is -0.238 e. The van der Waals surface area contributed by atoms with Gasteiger partial charge in [0.2, 0.25) is 0 Å². The molecule has 0 atom stereocenters. The summed E-state index contributed by atoms with van der Waals surface area (Å²) in [7, 11) is 0. The van der Waals surface area contributed by atoms with Crippen molar-refractivity contribution in [1.82, 2.24) is 9.78 Å². The van der Waals surface area contributed by atoms with E-state index < -0.39 is 0 Å². The molecule has 0 fully saturated rings. The standard InChI is InChI=1S/C11H7BrClN3/c1-7-10(13)6-16(15-7)11-4-9(12)3-2-8(11)5-14/h2-4,6H,1H3. The highest BCUT2D eigenvalue weighted by molar-refractivity contribution is 9.10. The van der Waals surface area contributed by atoms with Crippen molar-refractivity contribution in [2.75, 3.05) is 0 Å². The Bertz CT molecular complexity index is 564. The van der Waals surface area contributed by atoms with Crippen molar-refractivity contribution in [2.45, 2.75) is 6.92 Å². The fraction of sp³-hybridized carbons (Fsp3) is 0.0909. The normalized spacial score (nSPS) is 10.1. The van der Waals surface area contributed by atoms with Gasteiger partial charge in [-0.1, -0.05) is 27.5 Å². The minimum atomic E-state index is 0.558. The number of hydrogen-bond donors (Lipinski definition) is 0. The molecule has 0 aliphatic rings. The third kappa shape index (κ3) is 1.97. The number of nitrogens with zero attached hydrogens (tertiary/aromatic N) is 3. The third-order valence-electron chi connectivity index (χ3n) is 2.17. The summed E-state index contributed by atoms with van der Waals surface area (Å²) in [4.78, 5) is 0. The fourth-order valence-corrected chi connectivity index (χ4v) is 1.83. The lowest BCUT2D eigenvalue weighted by Crippen LogP contribution is -1.98. The molecule has 3 nitrogen and oxygen atoms in total. The molecule has 0 N–H and O–H groups in total. The van der Waals surface area contributed by atoms with Gasteiger partial charge in [0.05, 0.1) is 22.0 Å². The van der Waals surface area contributed by atoms with Crippen LogP contribution in [0.1, 0.15) is 11.3 Å². The van der Waals surface area contributed by atoms with Gasteiger partial charge in [-0.25, -0.2) is 4.68 Å². The van der Waals surface area contributed by atoms with Crippen LogP contribution in [0.15, 0.2) is 28.9 Å². The molecule has 2 aromatic rings. The molecule has 1 aromatic heterocycles. The van der Waals surface area contributed by atoms with Crippen LogP contribution >= 0.6 is 27.5 Å². The number of aromatic nitrogens is 2. The van der Waals surface area contributed by atoms with Gasteiger partial charge in [0.25, 0.3) is 0 Å². The van der Waals surface area contributed by atoms with Crippen molar-refractivity contribution < 1.29 is 0 Å². The van der Waals surface area contributed by atoms with E-state index in [0.717, 1.165) is 10.2 Å². The van der Waals surface area contributed by atoms with Crippen LogP contribution in [0.2, 0.25) is 5.02 Å². The van der Waals surface area contributed by atoms with Crippen molar-refractivity contribution in [1.29, 1.82) is 5.26 Å². The monoisotopic (exact) mass is 295 g/mol. The van der Waals surface area contributed by atoms with Gasteiger partial charge in [-0.15, -0.1) is 0 Å². The molecule has 0 amide bonds. The number of nitriles is 1.